The van der Waals surface area contributed by atoms with Gasteiger partial charge in [0.1, 0.15) is 0 Å². The van der Waals surface area contributed by atoms with Crippen molar-refractivity contribution in [2.75, 3.05) is 33.2 Å². The highest BCUT2D eigenvalue weighted by molar-refractivity contribution is 5.20. The van der Waals surface area contributed by atoms with E-state index in [9.17, 15) is 0 Å². The number of hydrogen-bond donors (Lipinski definition) is 1. The molecule has 3 nitrogen and oxygen atoms in total. The van der Waals surface area contributed by atoms with E-state index in [0.29, 0.717) is 18.1 Å². The van der Waals surface area contributed by atoms with Gasteiger partial charge < -0.3 is 10.2 Å². The van der Waals surface area contributed by atoms with Crippen molar-refractivity contribution in [3.05, 3.63) is 35.9 Å². The molecule has 1 fully saturated rings. The predicted molar refractivity (Wildman–Crippen MR) is 90.6 cm³/mol. The van der Waals surface area contributed by atoms with E-state index in [2.05, 4.69) is 73.3 Å². The van der Waals surface area contributed by atoms with Gasteiger partial charge in [-0.3, -0.25) is 4.90 Å². The second kappa shape index (κ2) is 7.92. The lowest BCUT2D eigenvalue weighted by Crippen LogP contribution is -2.56. The van der Waals surface area contributed by atoms with Crippen molar-refractivity contribution in [2.24, 2.45) is 0 Å². The Kier molecular flexibility index (Phi) is 6.22. The van der Waals surface area contributed by atoms with Crippen LogP contribution in [0.5, 0.6) is 0 Å². The molecule has 0 bridgehead atoms. The van der Waals surface area contributed by atoms with Crippen molar-refractivity contribution in [3.8, 4) is 0 Å². The smallest absolute Gasteiger partial charge is 0.0475 e. The summed E-state index contributed by atoms with van der Waals surface area (Å²) in [7, 11) is 2.22. The third-order valence-electron chi connectivity index (χ3n) is 4.66. The Morgan fingerprint density at radius 3 is 2.57 bits per heavy atom. The molecule has 1 aromatic rings. The topological polar surface area (TPSA) is 18.5 Å². The van der Waals surface area contributed by atoms with Crippen LogP contribution in [0.15, 0.2) is 30.3 Å². The molecule has 0 aliphatic carbocycles. The average molecular weight is 289 g/mol. The van der Waals surface area contributed by atoms with Crippen LogP contribution in [0, 0.1) is 0 Å². The number of nitrogens with one attached hydrogen (secondary N) is 1. The molecular weight excluding hydrogens is 258 g/mol. The van der Waals surface area contributed by atoms with Crippen LogP contribution in [-0.2, 0) is 0 Å². The van der Waals surface area contributed by atoms with Gasteiger partial charge in [-0.05, 0) is 39.4 Å². The van der Waals surface area contributed by atoms with E-state index in [1.54, 1.807) is 0 Å². The summed E-state index contributed by atoms with van der Waals surface area (Å²) < 4.78 is 0. The normalized spacial score (nSPS) is 23.9. The first-order valence-corrected chi connectivity index (χ1v) is 8.36. The van der Waals surface area contributed by atoms with Gasteiger partial charge in [0, 0.05) is 37.8 Å². The Labute approximate surface area is 130 Å². The SMILES string of the molecule is CCCNC(c1ccccc1)C(C)N1CCN(C)CC1C. The zero-order valence-corrected chi connectivity index (χ0v) is 14.0. The number of benzene rings is 1. The molecule has 1 N–H and O–H groups in total. The van der Waals surface area contributed by atoms with E-state index in [1.807, 2.05) is 0 Å². The van der Waals surface area contributed by atoms with Crippen LogP contribution in [0.4, 0.5) is 0 Å². The maximum absolute atomic E-state index is 3.76. The van der Waals surface area contributed by atoms with Gasteiger partial charge in [0.2, 0.25) is 0 Å². The van der Waals surface area contributed by atoms with Crippen LogP contribution in [0.3, 0.4) is 0 Å². The molecule has 3 unspecified atom stereocenters. The van der Waals surface area contributed by atoms with Gasteiger partial charge in [-0.15, -0.1) is 0 Å². The molecule has 1 heterocycles. The second-order valence-corrected chi connectivity index (χ2v) is 6.43. The van der Waals surface area contributed by atoms with Crippen LogP contribution in [-0.4, -0.2) is 55.1 Å². The summed E-state index contributed by atoms with van der Waals surface area (Å²) in [5.41, 5.74) is 1.41. The highest BCUT2D eigenvalue weighted by Gasteiger charge is 2.30. The lowest BCUT2D eigenvalue weighted by atomic mass is 9.97. The van der Waals surface area contributed by atoms with E-state index >= 15 is 0 Å². The van der Waals surface area contributed by atoms with E-state index in [-0.39, 0.29) is 0 Å². The van der Waals surface area contributed by atoms with Gasteiger partial charge in [-0.25, -0.2) is 0 Å². The summed E-state index contributed by atoms with van der Waals surface area (Å²) in [6.07, 6.45) is 1.17. The van der Waals surface area contributed by atoms with E-state index < -0.39 is 0 Å². The Hall–Kier alpha value is -0.900. The second-order valence-electron chi connectivity index (χ2n) is 6.43. The molecule has 1 saturated heterocycles. The first-order chi connectivity index (χ1) is 10.1. The van der Waals surface area contributed by atoms with Crippen molar-refractivity contribution in [2.45, 2.75) is 45.3 Å². The molecule has 0 radical (unpaired) electrons. The van der Waals surface area contributed by atoms with Gasteiger partial charge in [0.15, 0.2) is 0 Å². The summed E-state index contributed by atoms with van der Waals surface area (Å²) in [5.74, 6) is 0. The molecule has 0 aromatic heterocycles. The zero-order chi connectivity index (χ0) is 15.2. The van der Waals surface area contributed by atoms with Crippen LogP contribution in [0.2, 0.25) is 0 Å². The van der Waals surface area contributed by atoms with Crippen LogP contribution >= 0.6 is 0 Å². The van der Waals surface area contributed by atoms with Crippen molar-refractivity contribution in [1.82, 2.24) is 15.1 Å². The van der Waals surface area contributed by atoms with Gasteiger partial charge in [0.05, 0.1) is 0 Å². The number of piperazine rings is 1. The first kappa shape index (κ1) is 16.5. The highest BCUT2D eigenvalue weighted by atomic mass is 15.3. The highest BCUT2D eigenvalue weighted by Crippen LogP contribution is 2.24. The number of nitrogens with zero attached hydrogens (tertiary/aromatic N) is 2. The van der Waals surface area contributed by atoms with Crippen molar-refractivity contribution in [3.63, 3.8) is 0 Å². The maximum atomic E-state index is 3.76. The van der Waals surface area contributed by atoms with Crippen molar-refractivity contribution in [1.29, 1.82) is 0 Å². The molecule has 118 valence electrons. The lowest BCUT2D eigenvalue weighted by molar-refractivity contribution is 0.0518. The van der Waals surface area contributed by atoms with Gasteiger partial charge in [0.25, 0.3) is 0 Å². The monoisotopic (exact) mass is 289 g/mol. The fraction of sp³-hybridized carbons (Fsp3) is 0.667. The molecule has 21 heavy (non-hydrogen) atoms. The predicted octanol–water partition coefficient (Wildman–Crippen LogP) is 2.75. The van der Waals surface area contributed by atoms with Crippen molar-refractivity contribution >= 4 is 0 Å². The molecule has 2 rings (SSSR count). The Morgan fingerprint density at radius 1 is 1.24 bits per heavy atom. The summed E-state index contributed by atoms with van der Waals surface area (Å²) in [4.78, 5) is 5.10. The molecule has 1 aromatic carbocycles. The molecule has 1 aliphatic rings. The van der Waals surface area contributed by atoms with Crippen LogP contribution < -0.4 is 5.32 Å². The quantitative estimate of drug-likeness (QED) is 0.869. The number of likely N-dealkylation sites (N-methyl/N-ethyl adjacent to an activating group) is 1. The molecular formula is C18H31N3. The van der Waals surface area contributed by atoms with Gasteiger partial charge in [-0.2, -0.15) is 0 Å². The van der Waals surface area contributed by atoms with Crippen LogP contribution in [0.25, 0.3) is 0 Å². The minimum Gasteiger partial charge on any atom is -0.309 e. The van der Waals surface area contributed by atoms with E-state index in [0.717, 1.165) is 13.1 Å². The standard InChI is InChI=1S/C18H31N3/c1-5-11-19-18(17-9-7-6-8-10-17)16(3)21-13-12-20(4)14-15(21)2/h6-10,15-16,18-19H,5,11-14H2,1-4H3. The molecule has 0 spiro atoms. The average Bonchev–Trinajstić information content (AvgIpc) is 2.48. The Balaban J connectivity index is 2.12. The van der Waals surface area contributed by atoms with Crippen LogP contribution in [0.1, 0.15) is 38.8 Å². The fourth-order valence-corrected chi connectivity index (χ4v) is 3.48. The molecule has 0 saturated carbocycles. The van der Waals surface area contributed by atoms with Gasteiger partial charge >= 0.3 is 0 Å². The third-order valence-corrected chi connectivity index (χ3v) is 4.66. The lowest BCUT2D eigenvalue weighted by Gasteiger charge is -2.44. The largest absolute Gasteiger partial charge is 0.309 e. The molecule has 0 amide bonds. The summed E-state index contributed by atoms with van der Waals surface area (Å²) in [5, 5.41) is 3.76. The summed E-state index contributed by atoms with van der Waals surface area (Å²) >= 11 is 0. The Morgan fingerprint density at radius 2 is 1.95 bits per heavy atom. The Bertz CT molecular complexity index is 406. The maximum Gasteiger partial charge on any atom is 0.0475 e. The third kappa shape index (κ3) is 4.29. The minimum atomic E-state index is 0.414. The van der Waals surface area contributed by atoms with E-state index in [4.69, 9.17) is 0 Å². The zero-order valence-electron chi connectivity index (χ0n) is 14.0. The summed E-state index contributed by atoms with van der Waals surface area (Å²) in [6.45, 7) is 11.5. The summed E-state index contributed by atoms with van der Waals surface area (Å²) in [6, 6.07) is 12.5. The molecule has 3 heteroatoms. The number of rotatable bonds is 6. The first-order valence-electron chi connectivity index (χ1n) is 8.36. The molecule has 3 atom stereocenters. The number of hydrogen-bond acceptors (Lipinski definition) is 3. The molecule has 1 aliphatic heterocycles. The van der Waals surface area contributed by atoms with Crippen molar-refractivity contribution < 1.29 is 0 Å². The minimum absolute atomic E-state index is 0.414. The van der Waals surface area contributed by atoms with Gasteiger partial charge in [-0.1, -0.05) is 37.3 Å². The fourth-order valence-electron chi connectivity index (χ4n) is 3.48. The van der Waals surface area contributed by atoms with E-state index in [1.165, 1.54) is 25.1 Å².